The Kier molecular flexibility index (Phi) is 6.71. The minimum absolute atomic E-state index is 0.104. The van der Waals surface area contributed by atoms with E-state index in [0.29, 0.717) is 16.5 Å². The lowest BCUT2D eigenvalue weighted by Gasteiger charge is -2.13. The molecule has 0 aliphatic heterocycles. The predicted molar refractivity (Wildman–Crippen MR) is 97.2 cm³/mol. The SMILES string of the molecule is COc1cc(OC)c(C(=O)OCC(=O)c2ccc(Cl)c(Cl)c2)cc1OC. The number of carbonyl (C=O) groups excluding carboxylic acids is 2. The normalized spacial score (nSPS) is 10.2. The second-order valence-corrected chi connectivity index (χ2v) is 5.85. The van der Waals surface area contributed by atoms with Gasteiger partial charge in [0.15, 0.2) is 23.9 Å². The highest BCUT2D eigenvalue weighted by atomic mass is 35.5. The van der Waals surface area contributed by atoms with Crippen LogP contribution in [0.2, 0.25) is 10.0 Å². The maximum atomic E-state index is 12.4. The number of hydrogen-bond acceptors (Lipinski definition) is 6. The van der Waals surface area contributed by atoms with Crippen molar-refractivity contribution in [2.45, 2.75) is 0 Å². The molecule has 0 aliphatic rings. The lowest BCUT2D eigenvalue weighted by molar-refractivity contribution is 0.0471. The molecule has 0 unspecified atom stereocenters. The Morgan fingerprint density at radius 1 is 0.846 bits per heavy atom. The van der Waals surface area contributed by atoms with Gasteiger partial charge in [0.25, 0.3) is 0 Å². The summed E-state index contributed by atoms with van der Waals surface area (Å²) in [6.45, 7) is -0.464. The van der Waals surface area contributed by atoms with E-state index in [1.54, 1.807) is 0 Å². The summed E-state index contributed by atoms with van der Waals surface area (Å²) in [6.07, 6.45) is 0. The molecule has 0 spiro atoms. The number of ketones is 1. The van der Waals surface area contributed by atoms with Crippen LogP contribution in [0.5, 0.6) is 17.2 Å². The second-order valence-electron chi connectivity index (χ2n) is 5.04. The number of esters is 1. The van der Waals surface area contributed by atoms with Gasteiger partial charge in [0.1, 0.15) is 11.3 Å². The van der Waals surface area contributed by atoms with E-state index >= 15 is 0 Å². The molecule has 138 valence electrons. The summed E-state index contributed by atoms with van der Waals surface area (Å²) in [7, 11) is 4.30. The van der Waals surface area contributed by atoms with Crippen LogP contribution in [-0.2, 0) is 4.74 Å². The van der Waals surface area contributed by atoms with Crippen molar-refractivity contribution in [3.05, 3.63) is 51.5 Å². The first kappa shape index (κ1) is 19.9. The largest absolute Gasteiger partial charge is 0.496 e. The van der Waals surface area contributed by atoms with Crippen molar-refractivity contribution >= 4 is 35.0 Å². The van der Waals surface area contributed by atoms with E-state index in [9.17, 15) is 9.59 Å². The highest BCUT2D eigenvalue weighted by Gasteiger charge is 2.20. The van der Waals surface area contributed by atoms with E-state index in [2.05, 4.69) is 0 Å². The van der Waals surface area contributed by atoms with Crippen LogP contribution in [0.4, 0.5) is 0 Å². The number of methoxy groups -OCH3 is 3. The van der Waals surface area contributed by atoms with Crippen molar-refractivity contribution in [3.8, 4) is 17.2 Å². The fourth-order valence-electron chi connectivity index (χ4n) is 2.15. The quantitative estimate of drug-likeness (QED) is 0.517. The fraction of sp³-hybridized carbons (Fsp3) is 0.222. The zero-order valence-corrected chi connectivity index (χ0v) is 15.8. The lowest BCUT2D eigenvalue weighted by Crippen LogP contribution is -2.15. The Labute approximate surface area is 160 Å². The molecule has 6 nitrogen and oxygen atoms in total. The number of halogens is 2. The van der Waals surface area contributed by atoms with Crippen molar-refractivity contribution in [2.24, 2.45) is 0 Å². The van der Waals surface area contributed by atoms with Gasteiger partial charge in [0.2, 0.25) is 0 Å². The summed E-state index contributed by atoms with van der Waals surface area (Å²) in [5, 5.41) is 0.570. The van der Waals surface area contributed by atoms with Crippen LogP contribution in [0, 0.1) is 0 Å². The molecule has 0 atom stereocenters. The number of rotatable bonds is 7. The molecule has 0 radical (unpaired) electrons. The third-order valence-corrected chi connectivity index (χ3v) is 4.24. The molecule has 0 saturated heterocycles. The van der Waals surface area contributed by atoms with E-state index in [0.717, 1.165) is 0 Å². The van der Waals surface area contributed by atoms with Crippen molar-refractivity contribution in [1.82, 2.24) is 0 Å². The molecule has 26 heavy (non-hydrogen) atoms. The van der Waals surface area contributed by atoms with Crippen molar-refractivity contribution in [1.29, 1.82) is 0 Å². The Hall–Kier alpha value is -2.44. The number of ether oxygens (including phenoxy) is 4. The third kappa shape index (κ3) is 4.39. The van der Waals surface area contributed by atoms with Crippen LogP contribution in [0.1, 0.15) is 20.7 Å². The molecule has 0 amide bonds. The van der Waals surface area contributed by atoms with Gasteiger partial charge < -0.3 is 18.9 Å². The van der Waals surface area contributed by atoms with E-state index in [-0.39, 0.29) is 21.9 Å². The van der Waals surface area contributed by atoms with Crippen LogP contribution < -0.4 is 14.2 Å². The average molecular weight is 399 g/mol. The van der Waals surface area contributed by atoms with Gasteiger partial charge in [0, 0.05) is 17.7 Å². The summed E-state index contributed by atoms with van der Waals surface area (Å²) in [4.78, 5) is 24.5. The summed E-state index contributed by atoms with van der Waals surface area (Å²) < 4.78 is 20.6. The Bertz CT molecular complexity index is 835. The Balaban J connectivity index is 2.16. The highest BCUT2D eigenvalue weighted by molar-refractivity contribution is 6.42. The molecule has 0 heterocycles. The van der Waals surface area contributed by atoms with Gasteiger partial charge in [-0.2, -0.15) is 0 Å². The number of hydrogen-bond donors (Lipinski definition) is 0. The molecule has 0 bridgehead atoms. The second kappa shape index (κ2) is 8.78. The highest BCUT2D eigenvalue weighted by Crippen LogP contribution is 2.35. The van der Waals surface area contributed by atoms with Crippen LogP contribution in [0.3, 0.4) is 0 Å². The van der Waals surface area contributed by atoms with Crippen LogP contribution in [-0.4, -0.2) is 39.7 Å². The van der Waals surface area contributed by atoms with E-state index < -0.39 is 18.4 Å². The summed E-state index contributed by atoms with van der Waals surface area (Å²) in [5.41, 5.74) is 0.388. The first-order valence-corrected chi connectivity index (χ1v) is 8.12. The first-order chi connectivity index (χ1) is 12.4. The maximum absolute atomic E-state index is 12.4. The van der Waals surface area contributed by atoms with E-state index in [4.69, 9.17) is 42.1 Å². The molecular formula is C18H16Cl2O6. The van der Waals surface area contributed by atoms with Crippen molar-refractivity contribution in [2.75, 3.05) is 27.9 Å². The van der Waals surface area contributed by atoms with E-state index in [1.165, 1.54) is 51.7 Å². The Morgan fingerprint density at radius 2 is 1.46 bits per heavy atom. The Morgan fingerprint density at radius 3 is 2.04 bits per heavy atom. The molecule has 0 fully saturated rings. The first-order valence-electron chi connectivity index (χ1n) is 7.36. The molecule has 2 aromatic carbocycles. The van der Waals surface area contributed by atoms with Gasteiger partial charge in [-0.05, 0) is 18.2 Å². The summed E-state index contributed by atoms with van der Waals surface area (Å²) in [6, 6.07) is 7.33. The standard InChI is InChI=1S/C18H16Cl2O6/c1-23-15-8-17(25-3)16(24-2)7-11(15)18(22)26-9-14(21)10-4-5-12(19)13(20)6-10/h4-8H,9H2,1-3H3. The lowest BCUT2D eigenvalue weighted by atomic mass is 10.1. The van der Waals surface area contributed by atoms with Crippen LogP contribution in [0.15, 0.2) is 30.3 Å². The molecule has 2 aromatic rings. The molecule has 0 N–H and O–H groups in total. The van der Waals surface area contributed by atoms with Crippen LogP contribution >= 0.6 is 23.2 Å². The smallest absolute Gasteiger partial charge is 0.342 e. The number of Topliss-reactive ketones (excluding diaryl/α,β-unsaturated/α-hetero) is 1. The average Bonchev–Trinajstić information content (AvgIpc) is 2.66. The monoisotopic (exact) mass is 398 g/mol. The van der Waals surface area contributed by atoms with Gasteiger partial charge in [-0.1, -0.05) is 23.2 Å². The van der Waals surface area contributed by atoms with Gasteiger partial charge in [0.05, 0.1) is 31.4 Å². The third-order valence-electron chi connectivity index (χ3n) is 3.50. The fourth-order valence-corrected chi connectivity index (χ4v) is 2.45. The van der Waals surface area contributed by atoms with E-state index in [1.807, 2.05) is 0 Å². The zero-order chi connectivity index (χ0) is 19.3. The topological polar surface area (TPSA) is 71.1 Å². The van der Waals surface area contributed by atoms with Gasteiger partial charge >= 0.3 is 5.97 Å². The zero-order valence-electron chi connectivity index (χ0n) is 14.3. The van der Waals surface area contributed by atoms with Crippen molar-refractivity contribution < 1.29 is 28.5 Å². The number of benzene rings is 2. The maximum Gasteiger partial charge on any atom is 0.342 e. The predicted octanol–water partition coefficient (Wildman–Crippen LogP) is 4.06. The summed E-state index contributed by atoms with van der Waals surface area (Å²) >= 11 is 11.7. The minimum atomic E-state index is -0.740. The molecule has 0 aromatic heterocycles. The minimum Gasteiger partial charge on any atom is -0.496 e. The molecule has 0 saturated carbocycles. The van der Waals surface area contributed by atoms with Gasteiger partial charge in [-0.3, -0.25) is 4.79 Å². The molecular weight excluding hydrogens is 383 g/mol. The van der Waals surface area contributed by atoms with Crippen LogP contribution in [0.25, 0.3) is 0 Å². The molecule has 2 rings (SSSR count). The molecule has 0 aliphatic carbocycles. The number of carbonyl (C=O) groups is 2. The van der Waals surface area contributed by atoms with Gasteiger partial charge in [-0.25, -0.2) is 4.79 Å². The summed E-state index contributed by atoms with van der Waals surface area (Å²) in [5.74, 6) is -0.203. The van der Waals surface area contributed by atoms with Gasteiger partial charge in [-0.15, -0.1) is 0 Å². The van der Waals surface area contributed by atoms with Crippen molar-refractivity contribution in [3.63, 3.8) is 0 Å². The molecule has 8 heteroatoms.